The van der Waals surface area contributed by atoms with Crippen LogP contribution in [0.25, 0.3) is 31.5 Å². The highest BCUT2D eigenvalue weighted by molar-refractivity contribution is 7.25. The normalized spacial score (nSPS) is 12.7. The Hall–Kier alpha value is -3.71. The predicted octanol–water partition coefficient (Wildman–Crippen LogP) is 4.66. The Morgan fingerprint density at radius 3 is 2.70 bits per heavy atom. The third-order valence-electron chi connectivity index (χ3n) is 5.13. The first kappa shape index (κ1) is 17.2. The average Bonchev–Trinajstić information content (AvgIpc) is 3.39. The molecule has 3 heterocycles. The number of carbonyl (C=O) groups is 1. The molecule has 7 heteroatoms. The zero-order valence-electron chi connectivity index (χ0n) is 15.7. The molecular weight excluding hydrogens is 398 g/mol. The van der Waals surface area contributed by atoms with Gasteiger partial charge >= 0.3 is 0 Å². The second-order valence-electron chi connectivity index (χ2n) is 7.05. The first-order valence-electron chi connectivity index (χ1n) is 9.50. The summed E-state index contributed by atoms with van der Waals surface area (Å²) >= 11 is 1.59. The minimum Gasteiger partial charge on any atom is -0.454 e. The van der Waals surface area contributed by atoms with Crippen LogP contribution in [0.4, 0.5) is 0 Å². The second kappa shape index (κ2) is 6.67. The monoisotopic (exact) mass is 413 g/mol. The third kappa shape index (κ3) is 2.83. The van der Waals surface area contributed by atoms with Gasteiger partial charge in [0.25, 0.3) is 5.91 Å². The predicted molar refractivity (Wildman–Crippen MR) is 116 cm³/mol. The highest BCUT2D eigenvalue weighted by Gasteiger charge is 2.15. The lowest BCUT2D eigenvalue weighted by Gasteiger charge is -2.07. The SMILES string of the molecule is O=C(NCc1ccc2c(c1)OCO2)c1ccc2sc3nc4ccccc4nc3c2c1. The average molecular weight is 413 g/mol. The molecule has 0 saturated heterocycles. The largest absolute Gasteiger partial charge is 0.454 e. The van der Waals surface area contributed by atoms with Crippen LogP contribution in [0.5, 0.6) is 11.5 Å². The highest BCUT2D eigenvalue weighted by Crippen LogP contribution is 2.34. The lowest BCUT2D eigenvalue weighted by Crippen LogP contribution is -2.22. The van der Waals surface area contributed by atoms with E-state index < -0.39 is 0 Å². The van der Waals surface area contributed by atoms with E-state index in [0.29, 0.717) is 17.9 Å². The molecule has 0 aliphatic carbocycles. The molecule has 0 bridgehead atoms. The summed E-state index contributed by atoms with van der Waals surface area (Å²) in [5.74, 6) is 1.30. The number of thiophene rings is 1. The molecule has 30 heavy (non-hydrogen) atoms. The van der Waals surface area contributed by atoms with Gasteiger partial charge in [0, 0.05) is 22.2 Å². The van der Waals surface area contributed by atoms with E-state index in [0.717, 1.165) is 42.8 Å². The molecule has 1 aliphatic rings. The molecule has 0 radical (unpaired) electrons. The van der Waals surface area contributed by atoms with Gasteiger partial charge in [0.1, 0.15) is 10.3 Å². The van der Waals surface area contributed by atoms with Crippen molar-refractivity contribution in [2.24, 2.45) is 0 Å². The number of fused-ring (bicyclic) bond motifs is 5. The number of para-hydroxylation sites is 2. The van der Waals surface area contributed by atoms with E-state index in [4.69, 9.17) is 19.4 Å². The molecule has 2 aromatic heterocycles. The van der Waals surface area contributed by atoms with Gasteiger partial charge in [-0.25, -0.2) is 9.97 Å². The highest BCUT2D eigenvalue weighted by atomic mass is 32.1. The topological polar surface area (TPSA) is 73.3 Å². The van der Waals surface area contributed by atoms with Crippen molar-refractivity contribution in [3.8, 4) is 11.5 Å². The Labute approximate surface area is 175 Å². The molecule has 1 amide bonds. The zero-order chi connectivity index (χ0) is 20.1. The number of benzene rings is 3. The molecule has 6 nitrogen and oxygen atoms in total. The Bertz CT molecular complexity index is 1460. The lowest BCUT2D eigenvalue weighted by molar-refractivity contribution is 0.0951. The number of amides is 1. The number of nitrogens with zero attached hydrogens (tertiary/aromatic N) is 2. The number of hydrogen-bond donors (Lipinski definition) is 1. The summed E-state index contributed by atoms with van der Waals surface area (Å²) in [6.07, 6.45) is 0. The van der Waals surface area contributed by atoms with Crippen molar-refractivity contribution >= 4 is 48.7 Å². The molecule has 0 unspecified atom stereocenters. The minimum absolute atomic E-state index is 0.136. The van der Waals surface area contributed by atoms with Crippen LogP contribution in [-0.4, -0.2) is 22.7 Å². The van der Waals surface area contributed by atoms with Crippen molar-refractivity contribution in [1.29, 1.82) is 0 Å². The number of hydrogen-bond acceptors (Lipinski definition) is 6. The number of aromatic nitrogens is 2. The molecule has 0 atom stereocenters. The lowest BCUT2D eigenvalue weighted by atomic mass is 10.1. The molecule has 0 saturated carbocycles. The first-order chi connectivity index (χ1) is 14.7. The smallest absolute Gasteiger partial charge is 0.251 e. The molecule has 0 fully saturated rings. The quantitative estimate of drug-likeness (QED) is 0.466. The maximum Gasteiger partial charge on any atom is 0.251 e. The van der Waals surface area contributed by atoms with E-state index in [1.165, 1.54) is 0 Å². The van der Waals surface area contributed by atoms with Crippen LogP contribution >= 0.6 is 11.3 Å². The van der Waals surface area contributed by atoms with Crippen LogP contribution in [0.2, 0.25) is 0 Å². The van der Waals surface area contributed by atoms with Crippen LogP contribution in [-0.2, 0) is 6.54 Å². The van der Waals surface area contributed by atoms with E-state index >= 15 is 0 Å². The molecule has 5 aromatic rings. The first-order valence-corrected chi connectivity index (χ1v) is 10.3. The van der Waals surface area contributed by atoms with E-state index in [-0.39, 0.29) is 12.7 Å². The Kier molecular flexibility index (Phi) is 3.82. The van der Waals surface area contributed by atoms with Gasteiger partial charge in [0.2, 0.25) is 6.79 Å². The third-order valence-corrected chi connectivity index (χ3v) is 6.19. The number of ether oxygens (including phenoxy) is 2. The van der Waals surface area contributed by atoms with Gasteiger partial charge < -0.3 is 14.8 Å². The molecule has 6 rings (SSSR count). The molecule has 0 spiro atoms. The molecular formula is C23H15N3O3S. The van der Waals surface area contributed by atoms with Crippen molar-refractivity contribution < 1.29 is 14.3 Å². The molecule has 1 aliphatic heterocycles. The van der Waals surface area contributed by atoms with E-state index in [1.54, 1.807) is 11.3 Å². The van der Waals surface area contributed by atoms with Gasteiger partial charge in [0.15, 0.2) is 11.5 Å². The summed E-state index contributed by atoms with van der Waals surface area (Å²) in [4.78, 5) is 23.2. The van der Waals surface area contributed by atoms with Crippen LogP contribution in [0.3, 0.4) is 0 Å². The molecule has 3 aromatic carbocycles. The van der Waals surface area contributed by atoms with Crippen molar-refractivity contribution in [1.82, 2.24) is 15.3 Å². The van der Waals surface area contributed by atoms with Gasteiger partial charge in [-0.1, -0.05) is 18.2 Å². The fraction of sp³-hybridized carbons (Fsp3) is 0.0870. The molecule has 146 valence electrons. The van der Waals surface area contributed by atoms with Crippen LogP contribution in [0.1, 0.15) is 15.9 Å². The van der Waals surface area contributed by atoms with Crippen molar-refractivity contribution in [3.05, 3.63) is 71.8 Å². The fourth-order valence-corrected chi connectivity index (χ4v) is 4.62. The Balaban J connectivity index is 1.31. The standard InChI is InChI=1S/C23H15N3O3S/c27-22(24-11-13-5-7-18-19(9-13)29-12-28-18)14-6-8-20-15(10-14)21-23(30-20)26-17-4-2-1-3-16(17)25-21/h1-10H,11-12H2,(H,24,27). The Morgan fingerprint density at radius 1 is 0.967 bits per heavy atom. The van der Waals surface area contributed by atoms with Gasteiger partial charge in [-0.05, 0) is 48.0 Å². The maximum absolute atomic E-state index is 12.8. The summed E-state index contributed by atoms with van der Waals surface area (Å²) < 4.78 is 11.8. The minimum atomic E-state index is -0.136. The number of carbonyl (C=O) groups excluding carboxylic acids is 1. The Morgan fingerprint density at radius 2 is 1.80 bits per heavy atom. The van der Waals surface area contributed by atoms with Crippen LogP contribution < -0.4 is 14.8 Å². The van der Waals surface area contributed by atoms with Crippen molar-refractivity contribution in [2.75, 3.05) is 6.79 Å². The fourth-order valence-electron chi connectivity index (χ4n) is 3.62. The van der Waals surface area contributed by atoms with Crippen LogP contribution in [0.15, 0.2) is 60.7 Å². The summed E-state index contributed by atoms with van der Waals surface area (Å²) in [5.41, 5.74) is 4.10. The van der Waals surface area contributed by atoms with Gasteiger partial charge in [-0.3, -0.25) is 4.79 Å². The van der Waals surface area contributed by atoms with E-state index in [9.17, 15) is 4.79 Å². The maximum atomic E-state index is 12.8. The van der Waals surface area contributed by atoms with Gasteiger partial charge in [-0.2, -0.15) is 0 Å². The number of nitrogens with one attached hydrogen (secondary N) is 1. The van der Waals surface area contributed by atoms with E-state index in [1.807, 2.05) is 60.7 Å². The second-order valence-corrected chi connectivity index (χ2v) is 8.08. The summed E-state index contributed by atoms with van der Waals surface area (Å²) in [7, 11) is 0. The summed E-state index contributed by atoms with van der Waals surface area (Å²) in [6.45, 7) is 0.639. The van der Waals surface area contributed by atoms with Gasteiger partial charge in [0.05, 0.1) is 11.0 Å². The van der Waals surface area contributed by atoms with Crippen molar-refractivity contribution in [3.63, 3.8) is 0 Å². The van der Waals surface area contributed by atoms with Gasteiger partial charge in [-0.15, -0.1) is 11.3 Å². The van der Waals surface area contributed by atoms with Crippen LogP contribution in [0, 0.1) is 0 Å². The van der Waals surface area contributed by atoms with Crippen molar-refractivity contribution in [2.45, 2.75) is 6.54 Å². The summed E-state index contributed by atoms with van der Waals surface area (Å²) in [5, 5.41) is 3.92. The molecule has 1 N–H and O–H groups in total. The number of rotatable bonds is 3. The zero-order valence-corrected chi connectivity index (χ0v) is 16.5. The van der Waals surface area contributed by atoms with E-state index in [2.05, 4.69) is 5.32 Å². The summed E-state index contributed by atoms with van der Waals surface area (Å²) in [6, 6.07) is 19.2.